The van der Waals surface area contributed by atoms with Crippen LogP contribution in [0.3, 0.4) is 0 Å². The predicted molar refractivity (Wildman–Crippen MR) is 85.2 cm³/mol. The molecule has 0 bridgehead atoms. The SMILES string of the molecule is CCn1nc(C)c(Br)c1CC(O)Cc1ccc(F)cc1Cl. The Morgan fingerprint density at radius 3 is 2.76 bits per heavy atom. The van der Waals surface area contributed by atoms with Gasteiger partial charge in [0, 0.05) is 24.4 Å². The van der Waals surface area contributed by atoms with Gasteiger partial charge >= 0.3 is 0 Å². The van der Waals surface area contributed by atoms with Crippen LogP contribution in [0.4, 0.5) is 4.39 Å². The van der Waals surface area contributed by atoms with Crippen molar-refractivity contribution >= 4 is 27.5 Å². The Hall–Kier alpha value is -0.910. The maximum absolute atomic E-state index is 13.0. The molecule has 0 aliphatic carbocycles. The molecule has 0 radical (unpaired) electrons. The number of rotatable bonds is 5. The standard InChI is InChI=1S/C15H17BrClFN2O/c1-3-20-14(15(16)9(2)19-20)8-12(21)6-10-4-5-11(18)7-13(10)17/h4-5,7,12,21H,3,6,8H2,1-2H3. The Morgan fingerprint density at radius 1 is 1.43 bits per heavy atom. The molecule has 1 aromatic carbocycles. The summed E-state index contributed by atoms with van der Waals surface area (Å²) in [6, 6.07) is 4.22. The van der Waals surface area contributed by atoms with Crippen molar-refractivity contribution in [2.45, 2.75) is 39.3 Å². The number of aliphatic hydroxyl groups excluding tert-OH is 1. The fourth-order valence-corrected chi connectivity index (χ4v) is 2.99. The van der Waals surface area contributed by atoms with Gasteiger partial charge in [0.15, 0.2) is 0 Å². The van der Waals surface area contributed by atoms with E-state index in [2.05, 4.69) is 21.0 Å². The molecule has 1 unspecified atom stereocenters. The third-order valence-corrected chi connectivity index (χ3v) is 4.74. The highest BCUT2D eigenvalue weighted by molar-refractivity contribution is 9.10. The van der Waals surface area contributed by atoms with Gasteiger partial charge in [-0.2, -0.15) is 5.10 Å². The van der Waals surface area contributed by atoms with Gasteiger partial charge in [-0.05, 0) is 47.5 Å². The van der Waals surface area contributed by atoms with E-state index in [1.54, 1.807) is 6.07 Å². The number of aliphatic hydroxyl groups is 1. The molecule has 114 valence electrons. The summed E-state index contributed by atoms with van der Waals surface area (Å²) < 4.78 is 15.8. The average Bonchev–Trinajstić information content (AvgIpc) is 2.69. The molecule has 0 saturated heterocycles. The van der Waals surface area contributed by atoms with Crippen molar-refractivity contribution in [2.75, 3.05) is 0 Å². The first-order valence-electron chi connectivity index (χ1n) is 6.76. The van der Waals surface area contributed by atoms with Crippen LogP contribution in [0.15, 0.2) is 22.7 Å². The van der Waals surface area contributed by atoms with E-state index in [0.717, 1.165) is 28.0 Å². The lowest BCUT2D eigenvalue weighted by Crippen LogP contribution is -2.17. The van der Waals surface area contributed by atoms with Crippen LogP contribution in [-0.4, -0.2) is 21.0 Å². The summed E-state index contributed by atoms with van der Waals surface area (Å²) in [5.41, 5.74) is 2.60. The van der Waals surface area contributed by atoms with Crippen LogP contribution in [0.25, 0.3) is 0 Å². The molecule has 2 rings (SSSR count). The summed E-state index contributed by atoms with van der Waals surface area (Å²) in [4.78, 5) is 0. The summed E-state index contributed by atoms with van der Waals surface area (Å²) in [6.45, 7) is 4.67. The second-order valence-electron chi connectivity index (χ2n) is 4.96. The Kier molecular flexibility index (Phi) is 5.41. The summed E-state index contributed by atoms with van der Waals surface area (Å²) >= 11 is 9.50. The lowest BCUT2D eigenvalue weighted by Gasteiger charge is -2.13. The Morgan fingerprint density at radius 2 is 2.14 bits per heavy atom. The van der Waals surface area contributed by atoms with E-state index in [-0.39, 0.29) is 5.82 Å². The predicted octanol–water partition coefficient (Wildman–Crippen LogP) is 3.91. The maximum atomic E-state index is 13.0. The summed E-state index contributed by atoms with van der Waals surface area (Å²) in [7, 11) is 0. The van der Waals surface area contributed by atoms with Crippen LogP contribution in [0.2, 0.25) is 5.02 Å². The molecular weight excluding hydrogens is 359 g/mol. The molecule has 0 fully saturated rings. The molecule has 21 heavy (non-hydrogen) atoms. The van der Waals surface area contributed by atoms with Gasteiger partial charge in [0.2, 0.25) is 0 Å². The summed E-state index contributed by atoms with van der Waals surface area (Å²) in [5, 5.41) is 15.0. The monoisotopic (exact) mass is 374 g/mol. The van der Waals surface area contributed by atoms with Gasteiger partial charge in [-0.3, -0.25) is 4.68 Å². The molecule has 0 amide bonds. The third-order valence-electron chi connectivity index (χ3n) is 3.35. The van der Waals surface area contributed by atoms with Crippen molar-refractivity contribution in [3.63, 3.8) is 0 Å². The van der Waals surface area contributed by atoms with E-state index in [0.29, 0.717) is 17.9 Å². The van der Waals surface area contributed by atoms with Crippen LogP contribution in [0, 0.1) is 12.7 Å². The van der Waals surface area contributed by atoms with Crippen molar-refractivity contribution < 1.29 is 9.50 Å². The topological polar surface area (TPSA) is 38.0 Å². The first kappa shape index (κ1) is 16.5. The highest BCUT2D eigenvalue weighted by atomic mass is 79.9. The lowest BCUT2D eigenvalue weighted by atomic mass is 10.0. The largest absolute Gasteiger partial charge is 0.392 e. The first-order chi connectivity index (χ1) is 9.92. The summed E-state index contributed by atoms with van der Waals surface area (Å²) in [6.07, 6.45) is 0.230. The maximum Gasteiger partial charge on any atom is 0.124 e. The van der Waals surface area contributed by atoms with E-state index in [1.165, 1.54) is 12.1 Å². The second-order valence-corrected chi connectivity index (χ2v) is 6.16. The molecule has 1 N–H and O–H groups in total. The number of aromatic nitrogens is 2. The average molecular weight is 376 g/mol. The van der Waals surface area contributed by atoms with E-state index in [1.807, 2.05) is 18.5 Å². The number of nitrogens with zero attached hydrogens (tertiary/aromatic N) is 2. The minimum Gasteiger partial charge on any atom is -0.392 e. The zero-order valence-electron chi connectivity index (χ0n) is 11.9. The van der Waals surface area contributed by atoms with Gasteiger partial charge in [-0.25, -0.2) is 4.39 Å². The second kappa shape index (κ2) is 6.90. The fraction of sp³-hybridized carbons (Fsp3) is 0.400. The molecule has 6 heteroatoms. The minimum absolute atomic E-state index is 0.341. The van der Waals surface area contributed by atoms with Crippen molar-refractivity contribution in [3.05, 3.63) is 50.5 Å². The Labute approximate surface area is 136 Å². The first-order valence-corrected chi connectivity index (χ1v) is 7.93. The highest BCUT2D eigenvalue weighted by Gasteiger charge is 2.17. The van der Waals surface area contributed by atoms with E-state index in [4.69, 9.17) is 11.6 Å². The Balaban J connectivity index is 2.13. The van der Waals surface area contributed by atoms with Crippen LogP contribution in [-0.2, 0) is 19.4 Å². The molecule has 1 atom stereocenters. The van der Waals surface area contributed by atoms with Gasteiger partial charge in [-0.1, -0.05) is 17.7 Å². The van der Waals surface area contributed by atoms with Gasteiger partial charge < -0.3 is 5.11 Å². The number of benzene rings is 1. The smallest absolute Gasteiger partial charge is 0.124 e. The van der Waals surface area contributed by atoms with Crippen molar-refractivity contribution in [1.29, 1.82) is 0 Å². The molecular formula is C15H17BrClFN2O. The van der Waals surface area contributed by atoms with Gasteiger partial charge in [0.1, 0.15) is 5.82 Å². The summed E-state index contributed by atoms with van der Waals surface area (Å²) in [5.74, 6) is -0.374. The van der Waals surface area contributed by atoms with Gasteiger partial charge in [0.25, 0.3) is 0 Å². The van der Waals surface area contributed by atoms with E-state index < -0.39 is 6.10 Å². The van der Waals surface area contributed by atoms with Crippen LogP contribution >= 0.6 is 27.5 Å². The van der Waals surface area contributed by atoms with Gasteiger partial charge in [0.05, 0.1) is 22.0 Å². The number of aryl methyl sites for hydroxylation is 2. The number of halogens is 3. The fourth-order valence-electron chi connectivity index (χ4n) is 2.30. The van der Waals surface area contributed by atoms with Crippen LogP contribution in [0.1, 0.15) is 23.9 Å². The zero-order valence-corrected chi connectivity index (χ0v) is 14.2. The molecule has 0 aliphatic heterocycles. The van der Waals surface area contributed by atoms with Crippen LogP contribution in [0.5, 0.6) is 0 Å². The van der Waals surface area contributed by atoms with E-state index >= 15 is 0 Å². The van der Waals surface area contributed by atoms with Crippen molar-refractivity contribution in [1.82, 2.24) is 9.78 Å². The zero-order chi connectivity index (χ0) is 15.6. The number of hydrogen-bond acceptors (Lipinski definition) is 2. The third kappa shape index (κ3) is 3.84. The minimum atomic E-state index is -0.606. The molecule has 3 nitrogen and oxygen atoms in total. The molecule has 1 heterocycles. The lowest BCUT2D eigenvalue weighted by molar-refractivity contribution is 0.172. The van der Waals surface area contributed by atoms with E-state index in [9.17, 15) is 9.50 Å². The van der Waals surface area contributed by atoms with Crippen LogP contribution < -0.4 is 0 Å². The van der Waals surface area contributed by atoms with Gasteiger partial charge in [-0.15, -0.1) is 0 Å². The molecule has 2 aromatic rings. The Bertz CT molecular complexity index is 645. The molecule has 1 aromatic heterocycles. The number of hydrogen-bond donors (Lipinski definition) is 1. The molecule has 0 aliphatic rings. The quantitative estimate of drug-likeness (QED) is 0.860. The van der Waals surface area contributed by atoms with Crippen molar-refractivity contribution in [3.8, 4) is 0 Å². The molecule has 0 spiro atoms. The normalized spacial score (nSPS) is 12.7. The van der Waals surface area contributed by atoms with Crippen molar-refractivity contribution in [2.24, 2.45) is 0 Å². The highest BCUT2D eigenvalue weighted by Crippen LogP contribution is 2.24. The molecule has 0 saturated carbocycles.